The number of halogens is 2. The van der Waals surface area contributed by atoms with Gasteiger partial charge in [-0.15, -0.1) is 0 Å². The van der Waals surface area contributed by atoms with Gasteiger partial charge in [0, 0.05) is 13.1 Å². The van der Waals surface area contributed by atoms with Crippen molar-refractivity contribution in [2.24, 2.45) is 0 Å². The number of nitrogens with one attached hydrogen (secondary N) is 2. The summed E-state index contributed by atoms with van der Waals surface area (Å²) in [6, 6.07) is 3.10. The van der Waals surface area contributed by atoms with E-state index < -0.39 is 22.8 Å². The number of benzene rings is 1. The third-order valence-electron chi connectivity index (χ3n) is 2.71. The Morgan fingerprint density at radius 1 is 0.850 bits per heavy atom. The van der Waals surface area contributed by atoms with E-state index in [1.54, 1.807) is 12.1 Å². The zero-order chi connectivity index (χ0) is 15.1. The van der Waals surface area contributed by atoms with Crippen LogP contribution in [0.3, 0.4) is 0 Å². The van der Waals surface area contributed by atoms with Crippen LogP contribution in [-0.2, 0) is 0 Å². The van der Waals surface area contributed by atoms with Crippen molar-refractivity contribution in [3.63, 3.8) is 0 Å². The monoisotopic (exact) mass is 278 g/mol. The molecule has 0 unspecified atom stereocenters. The second-order valence-corrected chi connectivity index (χ2v) is 4.21. The molecule has 0 radical (unpaired) electrons. The van der Waals surface area contributed by atoms with Gasteiger partial charge in [0.25, 0.3) is 0 Å². The summed E-state index contributed by atoms with van der Waals surface area (Å²) in [6.07, 6.45) is 1.44. The topological polar surface area (TPSA) is 71.6 Å². The Hall–Kier alpha value is -2.34. The summed E-state index contributed by atoms with van der Waals surface area (Å²) in [5.74, 6) is -1.78. The molecule has 0 aliphatic heterocycles. The second-order valence-electron chi connectivity index (χ2n) is 4.21. The number of rotatable bonds is 6. The standard InChI is InChI=1S/C14H16F2N4/c1-3-5-19-13-11(15)9(7-17)10(8-18)12(16)14(13)20-6-4-2/h19-20H,3-6H2,1-2H3. The molecule has 0 fully saturated rings. The molecule has 1 rings (SSSR count). The number of nitriles is 2. The van der Waals surface area contributed by atoms with Crippen LogP contribution >= 0.6 is 0 Å². The van der Waals surface area contributed by atoms with E-state index in [2.05, 4.69) is 10.6 Å². The van der Waals surface area contributed by atoms with Crippen molar-refractivity contribution >= 4 is 11.4 Å². The normalized spacial score (nSPS) is 9.70. The number of anilines is 2. The molecule has 6 heteroatoms. The predicted molar refractivity (Wildman–Crippen MR) is 73.3 cm³/mol. The highest BCUT2D eigenvalue weighted by Crippen LogP contribution is 2.34. The average Bonchev–Trinajstić information content (AvgIpc) is 2.46. The predicted octanol–water partition coefficient (Wildman–Crippen LogP) is 3.35. The van der Waals surface area contributed by atoms with Crippen LogP contribution in [-0.4, -0.2) is 13.1 Å². The Morgan fingerprint density at radius 2 is 1.20 bits per heavy atom. The molecule has 20 heavy (non-hydrogen) atoms. The molecule has 0 aromatic heterocycles. The van der Waals surface area contributed by atoms with E-state index in [1.165, 1.54) is 0 Å². The van der Waals surface area contributed by atoms with Crippen molar-refractivity contribution in [2.45, 2.75) is 26.7 Å². The third kappa shape index (κ3) is 2.97. The number of hydrogen-bond donors (Lipinski definition) is 2. The SMILES string of the molecule is CCCNc1c(F)c(C#N)c(C#N)c(F)c1NCCC. The van der Waals surface area contributed by atoms with E-state index in [4.69, 9.17) is 10.5 Å². The molecule has 0 aliphatic carbocycles. The van der Waals surface area contributed by atoms with Crippen molar-refractivity contribution in [1.29, 1.82) is 10.5 Å². The van der Waals surface area contributed by atoms with E-state index in [0.717, 1.165) is 12.8 Å². The maximum absolute atomic E-state index is 14.3. The second kappa shape index (κ2) is 7.30. The summed E-state index contributed by atoms with van der Waals surface area (Å²) in [6.45, 7) is 4.65. The first-order valence-corrected chi connectivity index (χ1v) is 6.45. The number of hydrogen-bond acceptors (Lipinski definition) is 4. The van der Waals surface area contributed by atoms with Gasteiger partial charge in [0.2, 0.25) is 0 Å². The largest absolute Gasteiger partial charge is 0.381 e. The van der Waals surface area contributed by atoms with Gasteiger partial charge in [-0.05, 0) is 12.8 Å². The van der Waals surface area contributed by atoms with Gasteiger partial charge in [-0.25, -0.2) is 8.78 Å². The van der Waals surface area contributed by atoms with Gasteiger partial charge in [-0.3, -0.25) is 0 Å². The first-order chi connectivity index (χ1) is 9.62. The summed E-state index contributed by atoms with van der Waals surface area (Å²) < 4.78 is 28.5. The van der Waals surface area contributed by atoms with Crippen LogP contribution in [0, 0.1) is 34.3 Å². The molecule has 0 aliphatic rings. The van der Waals surface area contributed by atoms with Gasteiger partial charge in [-0.2, -0.15) is 10.5 Å². The fourth-order valence-electron chi connectivity index (χ4n) is 1.73. The quantitative estimate of drug-likeness (QED) is 0.837. The average molecular weight is 278 g/mol. The van der Waals surface area contributed by atoms with Crippen molar-refractivity contribution in [2.75, 3.05) is 23.7 Å². The summed E-state index contributed by atoms with van der Waals surface area (Å²) in [5.41, 5.74) is -1.31. The molecule has 4 nitrogen and oxygen atoms in total. The van der Waals surface area contributed by atoms with Gasteiger partial charge < -0.3 is 10.6 Å². The molecular weight excluding hydrogens is 262 g/mol. The lowest BCUT2D eigenvalue weighted by atomic mass is 10.0. The lowest BCUT2D eigenvalue weighted by Crippen LogP contribution is -2.13. The number of nitrogens with zero attached hydrogens (tertiary/aromatic N) is 2. The highest BCUT2D eigenvalue weighted by Gasteiger charge is 2.24. The third-order valence-corrected chi connectivity index (χ3v) is 2.71. The van der Waals surface area contributed by atoms with E-state index >= 15 is 0 Å². The maximum atomic E-state index is 14.3. The molecule has 1 aromatic rings. The molecule has 1 aromatic carbocycles. The molecule has 106 valence electrons. The zero-order valence-corrected chi connectivity index (χ0v) is 11.5. The molecule has 0 atom stereocenters. The highest BCUT2D eigenvalue weighted by molar-refractivity contribution is 5.76. The van der Waals surface area contributed by atoms with Gasteiger partial charge in [0.05, 0.1) is 11.4 Å². The Balaban J connectivity index is 3.49. The van der Waals surface area contributed by atoms with Crippen LogP contribution in [0.5, 0.6) is 0 Å². The minimum absolute atomic E-state index is 0.0895. The summed E-state index contributed by atoms with van der Waals surface area (Å²) in [4.78, 5) is 0. The lowest BCUT2D eigenvalue weighted by Gasteiger charge is -2.17. The van der Waals surface area contributed by atoms with Crippen LogP contribution in [0.15, 0.2) is 0 Å². The Bertz CT molecular complexity index is 519. The smallest absolute Gasteiger partial charge is 0.167 e. The molecule has 0 amide bonds. The Labute approximate surface area is 117 Å². The Morgan fingerprint density at radius 3 is 1.45 bits per heavy atom. The molecule has 0 spiro atoms. The van der Waals surface area contributed by atoms with Crippen molar-refractivity contribution in [3.8, 4) is 12.1 Å². The van der Waals surface area contributed by atoms with Crippen molar-refractivity contribution < 1.29 is 8.78 Å². The van der Waals surface area contributed by atoms with E-state index in [9.17, 15) is 8.78 Å². The minimum atomic E-state index is -0.891. The first kappa shape index (κ1) is 15.7. The molecule has 2 N–H and O–H groups in total. The lowest BCUT2D eigenvalue weighted by molar-refractivity contribution is 0.598. The maximum Gasteiger partial charge on any atom is 0.167 e. The van der Waals surface area contributed by atoms with Crippen LogP contribution in [0.25, 0.3) is 0 Å². The van der Waals surface area contributed by atoms with Crippen LogP contribution in [0.4, 0.5) is 20.2 Å². The van der Waals surface area contributed by atoms with Crippen LogP contribution in [0.2, 0.25) is 0 Å². The summed E-state index contributed by atoms with van der Waals surface area (Å²) in [5, 5.41) is 23.4. The molecule has 0 saturated carbocycles. The Kier molecular flexibility index (Phi) is 5.74. The van der Waals surface area contributed by atoms with Gasteiger partial charge in [-0.1, -0.05) is 13.8 Å². The van der Waals surface area contributed by atoms with E-state index in [-0.39, 0.29) is 11.4 Å². The minimum Gasteiger partial charge on any atom is -0.381 e. The molecular formula is C14H16F2N4. The van der Waals surface area contributed by atoms with Crippen molar-refractivity contribution in [1.82, 2.24) is 0 Å². The summed E-state index contributed by atoms with van der Waals surface area (Å²) >= 11 is 0. The van der Waals surface area contributed by atoms with E-state index in [0.29, 0.717) is 13.1 Å². The zero-order valence-electron chi connectivity index (χ0n) is 11.5. The first-order valence-electron chi connectivity index (χ1n) is 6.45. The molecule has 0 saturated heterocycles. The van der Waals surface area contributed by atoms with Gasteiger partial charge in [0.1, 0.15) is 23.3 Å². The summed E-state index contributed by atoms with van der Waals surface area (Å²) in [7, 11) is 0. The van der Waals surface area contributed by atoms with Gasteiger partial charge in [0.15, 0.2) is 11.6 Å². The van der Waals surface area contributed by atoms with E-state index in [1.807, 2.05) is 13.8 Å². The molecule has 0 bridgehead atoms. The van der Waals surface area contributed by atoms with Crippen LogP contribution in [0.1, 0.15) is 37.8 Å². The van der Waals surface area contributed by atoms with Crippen molar-refractivity contribution in [3.05, 3.63) is 22.8 Å². The highest BCUT2D eigenvalue weighted by atomic mass is 19.1. The fraction of sp³-hybridized carbons (Fsp3) is 0.429. The molecule has 0 heterocycles. The fourth-order valence-corrected chi connectivity index (χ4v) is 1.73. The van der Waals surface area contributed by atoms with Crippen LogP contribution < -0.4 is 10.6 Å². The van der Waals surface area contributed by atoms with Gasteiger partial charge >= 0.3 is 0 Å².